The van der Waals surface area contributed by atoms with Gasteiger partial charge in [-0.2, -0.15) is 0 Å². The molecule has 0 heteroatoms. The molecule has 2 aromatic rings. The summed E-state index contributed by atoms with van der Waals surface area (Å²) >= 11 is 0. The molecule has 2 aromatic carbocycles. The van der Waals surface area contributed by atoms with Crippen LogP contribution in [0.2, 0.25) is 0 Å². The van der Waals surface area contributed by atoms with Gasteiger partial charge in [-0.1, -0.05) is 89.6 Å². The third kappa shape index (κ3) is 5.75. The van der Waals surface area contributed by atoms with Crippen LogP contribution in [0.5, 0.6) is 0 Å². The van der Waals surface area contributed by atoms with Crippen molar-refractivity contribution in [2.45, 2.75) is 53.9 Å². The van der Waals surface area contributed by atoms with Crippen LogP contribution in [-0.2, 0) is 12.8 Å². The van der Waals surface area contributed by atoms with E-state index in [1.54, 1.807) is 0 Å². The molecule has 0 aromatic heterocycles. The Labute approximate surface area is 131 Å². The summed E-state index contributed by atoms with van der Waals surface area (Å²) in [4.78, 5) is 0. The number of aryl methyl sites for hydroxylation is 1. The van der Waals surface area contributed by atoms with Gasteiger partial charge >= 0.3 is 0 Å². The fraction of sp³-hybridized carbons (Fsp3) is 0.429. The quantitative estimate of drug-likeness (QED) is 0.584. The van der Waals surface area contributed by atoms with Gasteiger partial charge in [-0.15, -0.1) is 0 Å². The Hall–Kier alpha value is -1.56. The number of hydrogen-bond acceptors (Lipinski definition) is 0. The fourth-order valence-corrected chi connectivity index (χ4v) is 2.46. The Morgan fingerprint density at radius 3 is 1.52 bits per heavy atom. The number of benzene rings is 2. The minimum atomic E-state index is 0.721. The molecule has 0 aliphatic carbocycles. The first-order chi connectivity index (χ1) is 10.2. The van der Waals surface area contributed by atoms with Gasteiger partial charge in [-0.3, -0.25) is 0 Å². The first-order valence-electron chi connectivity index (χ1n) is 8.37. The smallest absolute Gasteiger partial charge is 0.0184 e. The van der Waals surface area contributed by atoms with Crippen LogP contribution in [0.4, 0.5) is 0 Å². The van der Waals surface area contributed by atoms with Gasteiger partial charge in [0.15, 0.2) is 0 Å². The van der Waals surface area contributed by atoms with Gasteiger partial charge in [-0.25, -0.2) is 0 Å². The highest BCUT2D eigenvalue weighted by atomic mass is 14.1. The Balaban J connectivity index is 0.00000106. The zero-order valence-electron chi connectivity index (χ0n) is 14.3. The molecular weight excluding hydrogens is 252 g/mol. The minimum absolute atomic E-state index is 0.721. The maximum atomic E-state index is 2.26. The summed E-state index contributed by atoms with van der Waals surface area (Å²) in [5.74, 6) is 0.721. The average Bonchev–Trinajstić information content (AvgIpc) is 2.51. The van der Waals surface area contributed by atoms with Crippen LogP contribution in [0, 0.1) is 5.92 Å². The third-order valence-electron chi connectivity index (χ3n) is 3.42. The Morgan fingerprint density at radius 1 is 0.714 bits per heavy atom. The van der Waals surface area contributed by atoms with Gasteiger partial charge < -0.3 is 0 Å². The van der Waals surface area contributed by atoms with Gasteiger partial charge in [0.2, 0.25) is 0 Å². The van der Waals surface area contributed by atoms with Crippen LogP contribution in [0.3, 0.4) is 0 Å². The van der Waals surface area contributed by atoms with Gasteiger partial charge in [0.25, 0.3) is 0 Å². The lowest BCUT2D eigenvalue weighted by atomic mass is 9.98. The summed E-state index contributed by atoms with van der Waals surface area (Å²) in [6.07, 6.45) is 3.55. The molecule has 114 valence electrons. The van der Waals surface area contributed by atoms with Crippen molar-refractivity contribution in [2.24, 2.45) is 5.92 Å². The highest BCUT2D eigenvalue weighted by Crippen LogP contribution is 2.21. The van der Waals surface area contributed by atoms with Crippen molar-refractivity contribution in [2.75, 3.05) is 0 Å². The lowest BCUT2D eigenvalue weighted by Gasteiger charge is -2.07. The molecule has 0 aliphatic heterocycles. The zero-order valence-corrected chi connectivity index (χ0v) is 14.3. The molecule has 21 heavy (non-hydrogen) atoms. The van der Waals surface area contributed by atoms with Crippen LogP contribution >= 0.6 is 0 Å². The topological polar surface area (TPSA) is 0 Å². The van der Waals surface area contributed by atoms with Crippen LogP contribution in [0.1, 0.15) is 52.2 Å². The summed E-state index contributed by atoms with van der Waals surface area (Å²) in [6.45, 7) is 10.8. The van der Waals surface area contributed by atoms with Crippen molar-refractivity contribution in [3.63, 3.8) is 0 Å². The Bertz CT molecular complexity index is 489. The van der Waals surface area contributed by atoms with Gasteiger partial charge in [-0.05, 0) is 41.0 Å². The molecule has 0 bridgehead atoms. The molecule has 0 unspecified atom stereocenters. The molecule has 0 aliphatic rings. The summed E-state index contributed by atoms with van der Waals surface area (Å²) in [5.41, 5.74) is 5.50. The summed E-state index contributed by atoms with van der Waals surface area (Å²) in [6, 6.07) is 18.0. The Kier molecular flexibility index (Phi) is 7.82. The van der Waals surface area contributed by atoms with Gasteiger partial charge in [0.1, 0.15) is 0 Å². The summed E-state index contributed by atoms with van der Waals surface area (Å²) < 4.78 is 0. The van der Waals surface area contributed by atoms with E-state index in [1.165, 1.54) is 35.1 Å². The van der Waals surface area contributed by atoms with E-state index >= 15 is 0 Å². The largest absolute Gasteiger partial charge is 0.0683 e. The molecule has 0 saturated heterocycles. The molecule has 0 saturated carbocycles. The molecular formula is C21H30. The standard InChI is InChI=1S/C19H24.C2H6/c1-4-5-16-6-10-18(11-7-16)19-12-8-17(9-13-19)14-15(2)3;1-2/h6-13,15H,4-5,14H2,1-3H3;1-2H3. The second-order valence-corrected chi connectivity index (χ2v) is 5.74. The van der Waals surface area contributed by atoms with Crippen molar-refractivity contribution in [1.29, 1.82) is 0 Å². The first kappa shape index (κ1) is 17.5. The molecule has 0 radical (unpaired) electrons. The van der Waals surface area contributed by atoms with Crippen LogP contribution < -0.4 is 0 Å². The van der Waals surface area contributed by atoms with Crippen LogP contribution in [0.15, 0.2) is 48.5 Å². The van der Waals surface area contributed by atoms with E-state index in [0.717, 1.165) is 12.3 Å². The third-order valence-corrected chi connectivity index (χ3v) is 3.42. The van der Waals surface area contributed by atoms with Crippen LogP contribution in [0.25, 0.3) is 11.1 Å². The number of hydrogen-bond donors (Lipinski definition) is 0. The second kappa shape index (κ2) is 9.39. The maximum Gasteiger partial charge on any atom is -0.0184 e. The Morgan fingerprint density at radius 2 is 1.14 bits per heavy atom. The number of rotatable bonds is 5. The molecule has 0 atom stereocenters. The van der Waals surface area contributed by atoms with Gasteiger partial charge in [0.05, 0.1) is 0 Å². The van der Waals surface area contributed by atoms with Gasteiger partial charge in [0, 0.05) is 0 Å². The fourth-order valence-electron chi connectivity index (χ4n) is 2.46. The molecule has 2 rings (SSSR count). The van der Waals surface area contributed by atoms with E-state index in [2.05, 4.69) is 69.3 Å². The van der Waals surface area contributed by atoms with E-state index in [4.69, 9.17) is 0 Å². The van der Waals surface area contributed by atoms with Crippen molar-refractivity contribution in [3.8, 4) is 11.1 Å². The van der Waals surface area contributed by atoms with Crippen molar-refractivity contribution >= 4 is 0 Å². The lowest BCUT2D eigenvalue weighted by molar-refractivity contribution is 0.647. The molecule has 0 fully saturated rings. The summed E-state index contributed by atoms with van der Waals surface area (Å²) in [7, 11) is 0. The molecule has 0 nitrogen and oxygen atoms in total. The monoisotopic (exact) mass is 282 g/mol. The van der Waals surface area contributed by atoms with E-state index in [0.29, 0.717) is 0 Å². The lowest BCUT2D eigenvalue weighted by Crippen LogP contribution is -1.93. The predicted molar refractivity (Wildman–Crippen MR) is 95.8 cm³/mol. The van der Waals surface area contributed by atoms with E-state index < -0.39 is 0 Å². The van der Waals surface area contributed by atoms with Crippen molar-refractivity contribution < 1.29 is 0 Å². The SMILES string of the molecule is CC.CCCc1ccc(-c2ccc(CC(C)C)cc2)cc1. The molecule has 0 N–H and O–H groups in total. The van der Waals surface area contributed by atoms with E-state index in [9.17, 15) is 0 Å². The molecule has 0 heterocycles. The first-order valence-corrected chi connectivity index (χ1v) is 8.37. The zero-order chi connectivity index (χ0) is 15.7. The highest BCUT2D eigenvalue weighted by molar-refractivity contribution is 5.63. The summed E-state index contributed by atoms with van der Waals surface area (Å²) in [5, 5.41) is 0. The minimum Gasteiger partial charge on any atom is -0.0683 e. The van der Waals surface area contributed by atoms with E-state index in [1.807, 2.05) is 13.8 Å². The van der Waals surface area contributed by atoms with Crippen molar-refractivity contribution in [1.82, 2.24) is 0 Å². The average molecular weight is 282 g/mol. The van der Waals surface area contributed by atoms with Crippen molar-refractivity contribution in [3.05, 3.63) is 59.7 Å². The van der Waals surface area contributed by atoms with Crippen LogP contribution in [-0.4, -0.2) is 0 Å². The second-order valence-electron chi connectivity index (χ2n) is 5.74. The molecule has 0 amide bonds. The normalized spacial score (nSPS) is 10.2. The molecule has 0 spiro atoms. The highest BCUT2D eigenvalue weighted by Gasteiger charge is 2.00. The maximum absolute atomic E-state index is 2.26. The van der Waals surface area contributed by atoms with E-state index in [-0.39, 0.29) is 0 Å². The predicted octanol–water partition coefficient (Wildman–Crippen LogP) is 6.53.